The lowest BCUT2D eigenvalue weighted by atomic mass is 10.1. The molecule has 0 spiro atoms. The third-order valence-corrected chi connectivity index (χ3v) is 4.77. The molecule has 0 aliphatic carbocycles. The van der Waals surface area contributed by atoms with E-state index in [0.29, 0.717) is 23.5 Å². The molecule has 4 rings (SSSR count). The number of nitrogens with zero attached hydrogens (tertiary/aromatic N) is 5. The predicted octanol–water partition coefficient (Wildman–Crippen LogP) is 2.48. The fourth-order valence-electron chi connectivity index (χ4n) is 3.33. The normalized spacial score (nSPS) is 14.9. The number of pyridine rings is 1. The molecule has 0 amide bonds. The van der Waals surface area contributed by atoms with Crippen LogP contribution in [0.25, 0.3) is 11.0 Å². The maximum Gasteiger partial charge on any atom is 0.263 e. The number of hydrogen-bond donors (Lipinski definition) is 2. The number of H-pyrrole nitrogens is 1. The van der Waals surface area contributed by atoms with Crippen molar-refractivity contribution in [1.82, 2.24) is 24.7 Å². The second-order valence-corrected chi connectivity index (χ2v) is 7.95. The Morgan fingerprint density at radius 3 is 2.63 bits per heavy atom. The van der Waals surface area contributed by atoms with Crippen molar-refractivity contribution in [3.8, 4) is 0 Å². The lowest BCUT2D eigenvalue weighted by molar-refractivity contribution is 0.366. The van der Waals surface area contributed by atoms with E-state index < -0.39 is 0 Å². The minimum atomic E-state index is -0.255. The quantitative estimate of drug-likeness (QED) is 0.736. The van der Waals surface area contributed by atoms with Gasteiger partial charge in [0.1, 0.15) is 11.2 Å². The number of anilines is 2. The molecular weight excluding hydrogens is 342 g/mol. The molecular formula is C19H25N7O. The van der Waals surface area contributed by atoms with Gasteiger partial charge in [-0.15, -0.1) is 0 Å². The Morgan fingerprint density at radius 1 is 1.19 bits per heavy atom. The molecule has 3 aromatic heterocycles. The van der Waals surface area contributed by atoms with E-state index in [9.17, 15) is 4.79 Å². The van der Waals surface area contributed by atoms with Gasteiger partial charge >= 0.3 is 0 Å². The van der Waals surface area contributed by atoms with Gasteiger partial charge in [0.05, 0.1) is 11.7 Å². The largest absolute Gasteiger partial charge is 0.357 e. The Hall–Kier alpha value is -2.90. The molecule has 142 valence electrons. The van der Waals surface area contributed by atoms with Crippen LogP contribution in [0.5, 0.6) is 0 Å². The molecule has 1 aliphatic heterocycles. The predicted molar refractivity (Wildman–Crippen MR) is 106 cm³/mol. The molecule has 3 aromatic rings. The summed E-state index contributed by atoms with van der Waals surface area (Å²) in [4.78, 5) is 26.5. The number of fused-ring (bicyclic) bond motifs is 1. The number of rotatable bonds is 4. The Balaban J connectivity index is 1.52. The van der Waals surface area contributed by atoms with Crippen molar-refractivity contribution in [2.45, 2.75) is 45.7 Å². The molecule has 0 aromatic carbocycles. The standard InChI is InChI=1S/C19H25N7O/c1-19(2,3)26-16-14(12-22-26)17(27)24-18(23-16)21-11-13-6-7-15(20-10-13)25-8-4-5-9-25/h6-7,10,12H,4-5,8-9,11H2,1-3H3,(H2,21,23,24,27). The van der Waals surface area contributed by atoms with Gasteiger partial charge in [-0.25, -0.2) is 9.67 Å². The van der Waals surface area contributed by atoms with Crippen molar-refractivity contribution >= 4 is 22.8 Å². The zero-order valence-corrected chi connectivity index (χ0v) is 16.0. The fourth-order valence-corrected chi connectivity index (χ4v) is 3.33. The summed E-state index contributed by atoms with van der Waals surface area (Å²) in [7, 11) is 0. The van der Waals surface area contributed by atoms with Crippen LogP contribution in [0.3, 0.4) is 0 Å². The average Bonchev–Trinajstić information content (AvgIpc) is 3.30. The van der Waals surface area contributed by atoms with E-state index in [1.807, 2.05) is 27.0 Å². The highest BCUT2D eigenvalue weighted by Crippen LogP contribution is 2.20. The van der Waals surface area contributed by atoms with Gasteiger partial charge in [-0.2, -0.15) is 10.1 Å². The van der Waals surface area contributed by atoms with Gasteiger partial charge in [0.2, 0.25) is 5.95 Å². The van der Waals surface area contributed by atoms with Gasteiger partial charge in [0.15, 0.2) is 5.65 Å². The molecule has 4 heterocycles. The van der Waals surface area contributed by atoms with Crippen molar-refractivity contribution in [3.63, 3.8) is 0 Å². The molecule has 0 bridgehead atoms. The Bertz CT molecular complexity index is 992. The van der Waals surface area contributed by atoms with Crippen LogP contribution in [-0.2, 0) is 12.1 Å². The first kappa shape index (κ1) is 17.5. The van der Waals surface area contributed by atoms with Gasteiger partial charge in [0.25, 0.3) is 5.56 Å². The van der Waals surface area contributed by atoms with Crippen molar-refractivity contribution in [2.75, 3.05) is 23.3 Å². The van der Waals surface area contributed by atoms with E-state index in [1.54, 1.807) is 10.9 Å². The van der Waals surface area contributed by atoms with E-state index in [1.165, 1.54) is 12.8 Å². The van der Waals surface area contributed by atoms with Crippen LogP contribution >= 0.6 is 0 Å². The molecule has 8 heteroatoms. The monoisotopic (exact) mass is 367 g/mol. The van der Waals surface area contributed by atoms with Gasteiger partial charge in [0, 0.05) is 25.8 Å². The number of nitrogens with one attached hydrogen (secondary N) is 2. The molecule has 0 unspecified atom stereocenters. The molecule has 1 saturated heterocycles. The van der Waals surface area contributed by atoms with Gasteiger partial charge in [-0.05, 0) is 45.2 Å². The highest BCUT2D eigenvalue weighted by Gasteiger charge is 2.20. The molecule has 1 fully saturated rings. The van der Waals surface area contributed by atoms with E-state index in [-0.39, 0.29) is 11.1 Å². The summed E-state index contributed by atoms with van der Waals surface area (Å²) in [5, 5.41) is 8.01. The lowest BCUT2D eigenvalue weighted by Gasteiger charge is -2.19. The Labute approximate surface area is 157 Å². The van der Waals surface area contributed by atoms with Gasteiger partial charge < -0.3 is 10.2 Å². The van der Waals surface area contributed by atoms with Crippen LogP contribution in [0.15, 0.2) is 29.3 Å². The second kappa shape index (κ2) is 6.68. The summed E-state index contributed by atoms with van der Waals surface area (Å²) >= 11 is 0. The average molecular weight is 367 g/mol. The Morgan fingerprint density at radius 2 is 1.96 bits per heavy atom. The molecule has 1 aliphatic rings. The molecule has 0 saturated carbocycles. The van der Waals surface area contributed by atoms with Crippen LogP contribution in [0.1, 0.15) is 39.2 Å². The maximum absolute atomic E-state index is 12.3. The minimum absolute atomic E-state index is 0.194. The highest BCUT2D eigenvalue weighted by atomic mass is 16.1. The molecule has 8 nitrogen and oxygen atoms in total. The number of aromatic amines is 1. The van der Waals surface area contributed by atoms with Crippen molar-refractivity contribution in [2.24, 2.45) is 0 Å². The molecule has 27 heavy (non-hydrogen) atoms. The lowest BCUT2D eigenvalue weighted by Crippen LogP contribution is -2.24. The maximum atomic E-state index is 12.3. The minimum Gasteiger partial charge on any atom is -0.357 e. The van der Waals surface area contributed by atoms with E-state index in [2.05, 4.69) is 42.4 Å². The first-order valence-electron chi connectivity index (χ1n) is 9.34. The zero-order chi connectivity index (χ0) is 19.0. The second-order valence-electron chi connectivity index (χ2n) is 7.95. The third kappa shape index (κ3) is 3.51. The van der Waals surface area contributed by atoms with Crippen molar-refractivity contribution < 1.29 is 0 Å². The fraction of sp³-hybridized carbons (Fsp3) is 0.474. The summed E-state index contributed by atoms with van der Waals surface area (Å²) in [5.41, 5.74) is 1.16. The van der Waals surface area contributed by atoms with Crippen LogP contribution in [0.2, 0.25) is 0 Å². The summed E-state index contributed by atoms with van der Waals surface area (Å²) in [6, 6.07) is 4.11. The summed E-state index contributed by atoms with van der Waals surface area (Å²) in [6.07, 6.45) is 5.91. The first-order valence-corrected chi connectivity index (χ1v) is 9.34. The summed E-state index contributed by atoms with van der Waals surface area (Å²) in [5.74, 6) is 1.46. The Kier molecular flexibility index (Phi) is 4.33. The first-order chi connectivity index (χ1) is 12.9. The van der Waals surface area contributed by atoms with Crippen LogP contribution in [0, 0.1) is 0 Å². The van der Waals surface area contributed by atoms with Crippen LogP contribution in [-0.4, -0.2) is 37.8 Å². The summed E-state index contributed by atoms with van der Waals surface area (Å²) < 4.78 is 1.77. The topological polar surface area (TPSA) is 91.7 Å². The zero-order valence-electron chi connectivity index (χ0n) is 16.0. The van der Waals surface area contributed by atoms with Crippen LogP contribution in [0.4, 0.5) is 11.8 Å². The smallest absolute Gasteiger partial charge is 0.263 e. The van der Waals surface area contributed by atoms with Crippen molar-refractivity contribution in [3.05, 3.63) is 40.4 Å². The molecule has 0 radical (unpaired) electrons. The SMILES string of the molecule is CC(C)(C)n1ncc2c(=O)[nH]c(NCc3ccc(N4CCCC4)nc3)nc21. The number of hydrogen-bond acceptors (Lipinski definition) is 6. The van der Waals surface area contributed by atoms with E-state index in [4.69, 9.17) is 0 Å². The van der Waals surface area contributed by atoms with Gasteiger partial charge in [-0.3, -0.25) is 9.78 Å². The summed E-state index contributed by atoms with van der Waals surface area (Å²) in [6.45, 7) is 8.79. The van der Waals surface area contributed by atoms with E-state index >= 15 is 0 Å². The molecule has 2 N–H and O–H groups in total. The molecule has 0 atom stereocenters. The van der Waals surface area contributed by atoms with Gasteiger partial charge in [-0.1, -0.05) is 6.07 Å². The number of aromatic nitrogens is 5. The van der Waals surface area contributed by atoms with E-state index in [0.717, 1.165) is 24.5 Å². The third-order valence-electron chi connectivity index (χ3n) is 4.77. The highest BCUT2D eigenvalue weighted by molar-refractivity contribution is 5.74. The van der Waals surface area contributed by atoms with Crippen LogP contribution < -0.4 is 15.8 Å². The van der Waals surface area contributed by atoms with Crippen molar-refractivity contribution in [1.29, 1.82) is 0 Å².